The summed E-state index contributed by atoms with van der Waals surface area (Å²) in [5.41, 5.74) is 4.19. The number of H-pyrrole nitrogens is 1. The number of benzene rings is 1. The van der Waals surface area contributed by atoms with Crippen molar-refractivity contribution in [2.45, 2.75) is 19.8 Å². The molecule has 0 unspecified atom stereocenters. The molecule has 0 atom stereocenters. The molecule has 0 radical (unpaired) electrons. The first kappa shape index (κ1) is 16.7. The van der Waals surface area contributed by atoms with Gasteiger partial charge in [0.1, 0.15) is 5.82 Å². The number of nitrogens with one attached hydrogen (secondary N) is 1. The molecule has 1 saturated heterocycles. The van der Waals surface area contributed by atoms with Crippen molar-refractivity contribution in [2.75, 3.05) is 18.0 Å². The largest absolute Gasteiger partial charge is 0.341 e. The van der Waals surface area contributed by atoms with Crippen LogP contribution in [0, 0.1) is 30.0 Å². The number of nitriles is 1. The molecule has 1 aliphatic heterocycles. The smallest absolute Gasteiger partial charge is 0.225 e. The molecule has 4 heterocycles. The van der Waals surface area contributed by atoms with Crippen molar-refractivity contribution in [3.8, 4) is 11.8 Å². The molecular weight excluding hydrogens is 357 g/mol. The minimum atomic E-state index is -0.287. The van der Waals surface area contributed by atoms with Crippen LogP contribution in [0.5, 0.6) is 0 Å². The Morgan fingerprint density at radius 1 is 1.21 bits per heavy atom. The molecule has 1 aromatic carbocycles. The van der Waals surface area contributed by atoms with Crippen molar-refractivity contribution in [3.63, 3.8) is 0 Å². The predicted molar refractivity (Wildman–Crippen MR) is 104 cm³/mol. The fourth-order valence-corrected chi connectivity index (χ4v) is 3.97. The van der Waals surface area contributed by atoms with Crippen LogP contribution < -0.4 is 4.90 Å². The minimum Gasteiger partial charge on any atom is -0.341 e. The summed E-state index contributed by atoms with van der Waals surface area (Å²) in [5, 5.41) is 16.9. The number of nitrogens with zero attached hydrogens (tertiary/aromatic N) is 6. The van der Waals surface area contributed by atoms with Crippen molar-refractivity contribution in [1.82, 2.24) is 24.7 Å². The third-order valence-electron chi connectivity index (χ3n) is 5.47. The Labute approximate surface area is 160 Å². The van der Waals surface area contributed by atoms with E-state index in [1.54, 1.807) is 12.3 Å². The van der Waals surface area contributed by atoms with Crippen LogP contribution in [-0.4, -0.2) is 37.8 Å². The third-order valence-corrected chi connectivity index (χ3v) is 5.47. The van der Waals surface area contributed by atoms with Gasteiger partial charge in [0, 0.05) is 24.4 Å². The van der Waals surface area contributed by atoms with Crippen molar-refractivity contribution < 1.29 is 4.39 Å². The van der Waals surface area contributed by atoms with Gasteiger partial charge in [0.05, 0.1) is 46.4 Å². The normalized spacial score (nSPS) is 15.4. The Morgan fingerprint density at radius 2 is 2.04 bits per heavy atom. The van der Waals surface area contributed by atoms with Gasteiger partial charge >= 0.3 is 0 Å². The Hall–Kier alpha value is -3.47. The number of aryl methyl sites for hydroxylation is 1. The predicted octanol–water partition coefficient (Wildman–Crippen LogP) is 3.48. The van der Waals surface area contributed by atoms with Gasteiger partial charge < -0.3 is 9.47 Å². The van der Waals surface area contributed by atoms with E-state index in [0.717, 1.165) is 59.2 Å². The highest BCUT2D eigenvalue weighted by Gasteiger charge is 2.22. The number of aromatic amines is 1. The van der Waals surface area contributed by atoms with Crippen molar-refractivity contribution in [2.24, 2.45) is 5.92 Å². The van der Waals surface area contributed by atoms with Crippen LogP contribution in [0.1, 0.15) is 18.5 Å². The van der Waals surface area contributed by atoms with Gasteiger partial charge in [0.2, 0.25) is 5.95 Å². The first-order chi connectivity index (χ1) is 13.7. The Morgan fingerprint density at radius 3 is 2.79 bits per heavy atom. The van der Waals surface area contributed by atoms with Crippen molar-refractivity contribution >= 4 is 27.9 Å². The second kappa shape index (κ2) is 6.30. The van der Waals surface area contributed by atoms with Gasteiger partial charge in [0.15, 0.2) is 0 Å². The summed E-state index contributed by atoms with van der Waals surface area (Å²) in [7, 11) is 0. The molecule has 5 rings (SSSR count). The fraction of sp³-hybridized carbons (Fsp3) is 0.300. The molecule has 3 aromatic heterocycles. The van der Waals surface area contributed by atoms with Crippen LogP contribution in [0.4, 0.5) is 10.3 Å². The molecule has 1 aliphatic rings. The average molecular weight is 375 g/mol. The molecule has 0 amide bonds. The first-order valence-corrected chi connectivity index (χ1v) is 9.27. The van der Waals surface area contributed by atoms with E-state index in [1.807, 2.05) is 17.7 Å². The van der Waals surface area contributed by atoms with Gasteiger partial charge in [-0.2, -0.15) is 10.4 Å². The van der Waals surface area contributed by atoms with E-state index in [4.69, 9.17) is 10.2 Å². The van der Waals surface area contributed by atoms with Crippen molar-refractivity contribution in [1.29, 1.82) is 5.26 Å². The Kier molecular flexibility index (Phi) is 3.76. The number of aromatic nitrogens is 5. The lowest BCUT2D eigenvalue weighted by atomic mass is 9.99. The van der Waals surface area contributed by atoms with Crippen LogP contribution >= 0.6 is 0 Å². The van der Waals surface area contributed by atoms with Crippen LogP contribution in [0.25, 0.3) is 27.6 Å². The first-order valence-electron chi connectivity index (χ1n) is 9.27. The highest BCUT2D eigenvalue weighted by Crippen LogP contribution is 2.32. The number of anilines is 1. The molecule has 0 aliphatic carbocycles. The lowest BCUT2D eigenvalue weighted by Crippen LogP contribution is -2.34. The second-order valence-electron chi connectivity index (χ2n) is 7.16. The van der Waals surface area contributed by atoms with Gasteiger partial charge in [-0.15, -0.1) is 0 Å². The monoisotopic (exact) mass is 375 g/mol. The zero-order valence-electron chi connectivity index (χ0n) is 15.4. The maximum Gasteiger partial charge on any atom is 0.225 e. The van der Waals surface area contributed by atoms with Crippen molar-refractivity contribution in [3.05, 3.63) is 42.1 Å². The molecule has 8 heteroatoms. The second-order valence-corrected chi connectivity index (χ2v) is 7.16. The van der Waals surface area contributed by atoms with Gasteiger partial charge in [-0.3, -0.25) is 5.10 Å². The number of hydrogen-bond donors (Lipinski definition) is 1. The van der Waals surface area contributed by atoms with Gasteiger partial charge in [-0.05, 0) is 38.0 Å². The number of hydrogen-bond acceptors (Lipinski definition) is 5. The third kappa shape index (κ3) is 2.51. The highest BCUT2D eigenvalue weighted by atomic mass is 19.1. The van der Waals surface area contributed by atoms with Gasteiger partial charge in [0.25, 0.3) is 0 Å². The van der Waals surface area contributed by atoms with E-state index in [0.29, 0.717) is 5.95 Å². The highest BCUT2D eigenvalue weighted by molar-refractivity contribution is 6.06. The van der Waals surface area contributed by atoms with Crippen LogP contribution in [0.3, 0.4) is 0 Å². The van der Waals surface area contributed by atoms with E-state index in [2.05, 4.69) is 26.2 Å². The zero-order valence-corrected chi connectivity index (χ0v) is 15.4. The molecule has 0 bridgehead atoms. The average Bonchev–Trinajstić information content (AvgIpc) is 3.29. The molecule has 4 aromatic rings. The van der Waals surface area contributed by atoms with Gasteiger partial charge in [-0.25, -0.2) is 14.4 Å². The maximum absolute atomic E-state index is 13.8. The topological polar surface area (TPSA) is 86.4 Å². The standard InChI is InChI=1S/C20H18FN7/c1-12-17(10-23-20(25-12)27-6-4-13(9-22)5-7-27)28-16-3-2-14(21)8-15(16)19-18(28)11-24-26-19/h2-3,8,10-11,13H,4-7H2,1H3,(H,24,26). The summed E-state index contributed by atoms with van der Waals surface area (Å²) in [6.07, 6.45) is 5.21. The maximum atomic E-state index is 13.8. The summed E-state index contributed by atoms with van der Waals surface area (Å²) in [6, 6.07) is 7.07. The molecule has 7 nitrogen and oxygen atoms in total. The fourth-order valence-electron chi connectivity index (χ4n) is 3.97. The Balaban J connectivity index is 1.59. The molecule has 28 heavy (non-hydrogen) atoms. The molecule has 0 spiro atoms. The molecule has 1 N–H and O–H groups in total. The van der Waals surface area contributed by atoms with Crippen LogP contribution in [-0.2, 0) is 0 Å². The molecule has 0 saturated carbocycles. The van der Waals surface area contributed by atoms with E-state index in [9.17, 15) is 4.39 Å². The van der Waals surface area contributed by atoms with Crippen LogP contribution in [0.2, 0.25) is 0 Å². The molecule has 1 fully saturated rings. The van der Waals surface area contributed by atoms with E-state index < -0.39 is 0 Å². The van der Waals surface area contributed by atoms with E-state index in [-0.39, 0.29) is 11.7 Å². The number of rotatable bonds is 2. The van der Waals surface area contributed by atoms with E-state index >= 15 is 0 Å². The SMILES string of the molecule is Cc1nc(N2CCC(C#N)CC2)ncc1-n1c2ccc(F)cc2c2[nH]ncc21. The summed E-state index contributed by atoms with van der Waals surface area (Å²) in [5.74, 6) is 0.520. The summed E-state index contributed by atoms with van der Waals surface area (Å²) >= 11 is 0. The summed E-state index contributed by atoms with van der Waals surface area (Å²) in [6.45, 7) is 3.52. The van der Waals surface area contributed by atoms with Crippen LogP contribution in [0.15, 0.2) is 30.6 Å². The molecule has 140 valence electrons. The lowest BCUT2D eigenvalue weighted by Gasteiger charge is -2.29. The van der Waals surface area contributed by atoms with E-state index in [1.165, 1.54) is 12.1 Å². The minimum absolute atomic E-state index is 0.123. The Bertz CT molecular complexity index is 1220. The van der Waals surface area contributed by atoms with Gasteiger partial charge in [-0.1, -0.05) is 0 Å². The summed E-state index contributed by atoms with van der Waals surface area (Å²) < 4.78 is 15.8. The summed E-state index contributed by atoms with van der Waals surface area (Å²) in [4.78, 5) is 11.4. The molecular formula is C20H18FN7. The number of fused-ring (bicyclic) bond motifs is 3. The quantitative estimate of drug-likeness (QED) is 0.580. The lowest BCUT2D eigenvalue weighted by molar-refractivity contribution is 0.482. The zero-order chi connectivity index (χ0) is 19.3. The number of halogens is 1. The number of piperidine rings is 1.